The highest BCUT2D eigenvalue weighted by molar-refractivity contribution is 4.96. The van der Waals surface area contributed by atoms with Crippen LogP contribution in [0.2, 0.25) is 0 Å². The Morgan fingerprint density at radius 3 is 2.63 bits per heavy atom. The van der Waals surface area contributed by atoms with Gasteiger partial charge in [-0.1, -0.05) is 13.3 Å². The summed E-state index contributed by atoms with van der Waals surface area (Å²) in [6, 6.07) is 1.66. The SMILES string of the molecule is CCCC(C)N(C)C1CC2(CCC1NC)OCCO2. The number of nitrogens with one attached hydrogen (secondary N) is 1. The Labute approximate surface area is 117 Å². The molecule has 0 radical (unpaired) electrons. The first-order chi connectivity index (χ1) is 9.12. The molecule has 0 aromatic heterocycles. The minimum absolute atomic E-state index is 0.293. The number of hydrogen-bond donors (Lipinski definition) is 1. The molecule has 1 aliphatic heterocycles. The predicted molar refractivity (Wildman–Crippen MR) is 77.3 cm³/mol. The van der Waals surface area contributed by atoms with Gasteiger partial charge in [0.25, 0.3) is 0 Å². The van der Waals surface area contributed by atoms with Crippen LogP contribution in [-0.2, 0) is 9.47 Å². The molecule has 2 fully saturated rings. The van der Waals surface area contributed by atoms with Crippen molar-refractivity contribution in [3.63, 3.8) is 0 Å². The van der Waals surface area contributed by atoms with Gasteiger partial charge < -0.3 is 14.8 Å². The average Bonchev–Trinajstić information content (AvgIpc) is 2.86. The summed E-state index contributed by atoms with van der Waals surface area (Å²) in [7, 11) is 4.33. The van der Waals surface area contributed by atoms with E-state index in [4.69, 9.17) is 9.47 Å². The highest BCUT2D eigenvalue weighted by Crippen LogP contribution is 2.38. The molecule has 1 heterocycles. The number of ether oxygens (including phenoxy) is 2. The van der Waals surface area contributed by atoms with Crippen LogP contribution in [0.5, 0.6) is 0 Å². The van der Waals surface area contributed by atoms with E-state index >= 15 is 0 Å². The van der Waals surface area contributed by atoms with Crippen molar-refractivity contribution in [3.8, 4) is 0 Å². The maximum atomic E-state index is 5.92. The molecule has 19 heavy (non-hydrogen) atoms. The van der Waals surface area contributed by atoms with Gasteiger partial charge in [-0.25, -0.2) is 0 Å². The zero-order valence-corrected chi connectivity index (χ0v) is 12.9. The summed E-state index contributed by atoms with van der Waals surface area (Å²) in [6.07, 6.45) is 5.62. The summed E-state index contributed by atoms with van der Waals surface area (Å²) in [5, 5.41) is 3.49. The summed E-state index contributed by atoms with van der Waals surface area (Å²) >= 11 is 0. The van der Waals surface area contributed by atoms with E-state index in [1.165, 1.54) is 12.8 Å². The van der Waals surface area contributed by atoms with Crippen LogP contribution in [-0.4, -0.2) is 56.1 Å². The molecule has 1 spiro atoms. The van der Waals surface area contributed by atoms with Crippen molar-refractivity contribution in [3.05, 3.63) is 0 Å². The van der Waals surface area contributed by atoms with Crippen LogP contribution in [0.3, 0.4) is 0 Å². The Hall–Kier alpha value is -0.160. The minimum atomic E-state index is -0.293. The molecule has 2 aliphatic rings. The smallest absolute Gasteiger partial charge is 0.170 e. The molecule has 0 amide bonds. The Morgan fingerprint density at radius 1 is 1.37 bits per heavy atom. The van der Waals surface area contributed by atoms with E-state index in [9.17, 15) is 0 Å². The maximum absolute atomic E-state index is 5.92. The van der Waals surface area contributed by atoms with Crippen molar-refractivity contribution in [2.75, 3.05) is 27.3 Å². The largest absolute Gasteiger partial charge is 0.347 e. The van der Waals surface area contributed by atoms with Crippen LogP contribution in [0.4, 0.5) is 0 Å². The molecular formula is C15H30N2O2. The standard InChI is InChI=1S/C15H30N2O2/c1-5-6-12(2)17(4)14-11-15(18-9-10-19-15)8-7-13(14)16-3/h12-14,16H,5-11H2,1-4H3. The summed E-state index contributed by atoms with van der Waals surface area (Å²) in [5.74, 6) is -0.293. The summed E-state index contributed by atoms with van der Waals surface area (Å²) in [5.41, 5.74) is 0. The number of hydrogen-bond acceptors (Lipinski definition) is 4. The second kappa shape index (κ2) is 6.53. The fourth-order valence-electron chi connectivity index (χ4n) is 3.60. The normalized spacial score (nSPS) is 32.1. The molecule has 112 valence electrons. The van der Waals surface area contributed by atoms with E-state index in [1.807, 2.05) is 0 Å². The fourth-order valence-corrected chi connectivity index (χ4v) is 3.60. The Balaban J connectivity index is 2.04. The van der Waals surface area contributed by atoms with E-state index < -0.39 is 0 Å². The third-order valence-corrected chi connectivity index (χ3v) is 4.93. The lowest BCUT2D eigenvalue weighted by Crippen LogP contribution is -2.57. The highest BCUT2D eigenvalue weighted by atomic mass is 16.7. The van der Waals surface area contributed by atoms with Crippen molar-refractivity contribution in [1.82, 2.24) is 10.2 Å². The third-order valence-electron chi connectivity index (χ3n) is 4.93. The van der Waals surface area contributed by atoms with E-state index in [1.54, 1.807) is 0 Å². The molecule has 4 heteroatoms. The molecule has 2 rings (SSSR count). The topological polar surface area (TPSA) is 33.7 Å². The van der Waals surface area contributed by atoms with Gasteiger partial charge in [-0.15, -0.1) is 0 Å². The second-order valence-electron chi connectivity index (χ2n) is 6.12. The molecule has 0 aromatic rings. The molecule has 4 nitrogen and oxygen atoms in total. The summed E-state index contributed by atoms with van der Waals surface area (Å²) in [6.45, 7) is 6.09. The minimum Gasteiger partial charge on any atom is -0.347 e. The van der Waals surface area contributed by atoms with Crippen molar-refractivity contribution in [2.24, 2.45) is 0 Å². The van der Waals surface area contributed by atoms with Crippen molar-refractivity contribution < 1.29 is 9.47 Å². The fraction of sp³-hybridized carbons (Fsp3) is 1.00. The number of likely N-dealkylation sites (N-methyl/N-ethyl adjacent to an activating group) is 2. The summed E-state index contributed by atoms with van der Waals surface area (Å²) < 4.78 is 11.8. The van der Waals surface area contributed by atoms with Crippen LogP contribution < -0.4 is 5.32 Å². The van der Waals surface area contributed by atoms with Crippen LogP contribution in [0, 0.1) is 0 Å². The maximum Gasteiger partial charge on any atom is 0.170 e. The van der Waals surface area contributed by atoms with Crippen LogP contribution >= 0.6 is 0 Å². The average molecular weight is 270 g/mol. The van der Waals surface area contributed by atoms with E-state index in [-0.39, 0.29) is 5.79 Å². The first kappa shape index (κ1) is 15.2. The van der Waals surface area contributed by atoms with Gasteiger partial charge in [0, 0.05) is 31.0 Å². The van der Waals surface area contributed by atoms with Gasteiger partial charge in [-0.3, -0.25) is 4.90 Å². The van der Waals surface area contributed by atoms with Crippen LogP contribution in [0.15, 0.2) is 0 Å². The van der Waals surface area contributed by atoms with E-state index in [0.29, 0.717) is 18.1 Å². The molecular weight excluding hydrogens is 240 g/mol. The van der Waals surface area contributed by atoms with Gasteiger partial charge in [0.15, 0.2) is 5.79 Å². The molecule has 1 saturated heterocycles. The monoisotopic (exact) mass is 270 g/mol. The Kier molecular flexibility index (Phi) is 5.23. The van der Waals surface area contributed by atoms with Crippen molar-refractivity contribution in [2.45, 2.75) is 69.9 Å². The van der Waals surface area contributed by atoms with Gasteiger partial charge in [-0.05, 0) is 33.9 Å². The molecule has 3 unspecified atom stereocenters. The highest BCUT2D eigenvalue weighted by Gasteiger charge is 2.46. The van der Waals surface area contributed by atoms with Crippen molar-refractivity contribution >= 4 is 0 Å². The predicted octanol–water partition coefficient (Wildman–Crippen LogP) is 1.99. The molecule has 1 N–H and O–H groups in total. The third kappa shape index (κ3) is 3.30. The van der Waals surface area contributed by atoms with Gasteiger partial charge in [-0.2, -0.15) is 0 Å². The lowest BCUT2D eigenvalue weighted by Gasteiger charge is -2.46. The van der Waals surface area contributed by atoms with E-state index in [2.05, 4.69) is 38.2 Å². The molecule has 3 atom stereocenters. The number of rotatable bonds is 5. The van der Waals surface area contributed by atoms with Gasteiger partial charge in [0.1, 0.15) is 0 Å². The molecule has 1 saturated carbocycles. The first-order valence-electron chi connectivity index (χ1n) is 7.79. The van der Waals surface area contributed by atoms with Gasteiger partial charge in [0.2, 0.25) is 0 Å². The summed E-state index contributed by atoms with van der Waals surface area (Å²) in [4.78, 5) is 2.52. The lowest BCUT2D eigenvalue weighted by atomic mass is 9.84. The quantitative estimate of drug-likeness (QED) is 0.828. The first-order valence-corrected chi connectivity index (χ1v) is 7.79. The zero-order chi connectivity index (χ0) is 13.9. The molecule has 1 aliphatic carbocycles. The van der Waals surface area contributed by atoms with Crippen LogP contribution in [0.1, 0.15) is 46.0 Å². The second-order valence-corrected chi connectivity index (χ2v) is 6.12. The van der Waals surface area contributed by atoms with E-state index in [0.717, 1.165) is 32.5 Å². The van der Waals surface area contributed by atoms with Crippen molar-refractivity contribution in [1.29, 1.82) is 0 Å². The van der Waals surface area contributed by atoms with Gasteiger partial charge in [0.05, 0.1) is 13.2 Å². The lowest BCUT2D eigenvalue weighted by molar-refractivity contribution is -0.193. The Morgan fingerprint density at radius 2 is 2.05 bits per heavy atom. The van der Waals surface area contributed by atoms with Crippen LogP contribution in [0.25, 0.3) is 0 Å². The molecule has 0 aromatic carbocycles. The molecule has 0 bridgehead atoms. The Bertz CT molecular complexity index is 279. The number of nitrogens with zero attached hydrogens (tertiary/aromatic N) is 1. The zero-order valence-electron chi connectivity index (χ0n) is 12.9. The van der Waals surface area contributed by atoms with Gasteiger partial charge >= 0.3 is 0 Å².